The summed E-state index contributed by atoms with van der Waals surface area (Å²) in [4.78, 5) is 13.3. The summed E-state index contributed by atoms with van der Waals surface area (Å²) >= 11 is 1.57. The van der Waals surface area contributed by atoms with Crippen molar-refractivity contribution in [3.8, 4) is 16.3 Å². The monoisotopic (exact) mass is 313 g/mol. The summed E-state index contributed by atoms with van der Waals surface area (Å²) in [7, 11) is 1.63. The maximum absolute atomic E-state index is 12.3. The molecule has 2 N–H and O–H groups in total. The second kappa shape index (κ2) is 6.44. The molecule has 5 nitrogen and oxygen atoms in total. The van der Waals surface area contributed by atoms with Gasteiger partial charge in [0.2, 0.25) is 0 Å². The number of H-pyrrole nitrogens is 1. The number of methoxy groups -OCH3 is 1. The van der Waals surface area contributed by atoms with Gasteiger partial charge in [0.15, 0.2) is 0 Å². The van der Waals surface area contributed by atoms with Crippen LogP contribution in [0.1, 0.15) is 15.9 Å². The molecule has 112 valence electrons. The maximum Gasteiger partial charge on any atom is 0.255 e. The first-order chi connectivity index (χ1) is 10.8. The van der Waals surface area contributed by atoms with E-state index in [2.05, 4.69) is 15.5 Å². The third-order valence-corrected chi connectivity index (χ3v) is 4.15. The van der Waals surface area contributed by atoms with Gasteiger partial charge in [0.05, 0.1) is 29.4 Å². The Balaban J connectivity index is 1.69. The summed E-state index contributed by atoms with van der Waals surface area (Å²) < 4.78 is 5.11. The first-order valence-electron chi connectivity index (χ1n) is 6.76. The molecule has 6 heteroatoms. The van der Waals surface area contributed by atoms with E-state index >= 15 is 0 Å². The van der Waals surface area contributed by atoms with Crippen molar-refractivity contribution in [3.63, 3.8) is 0 Å². The van der Waals surface area contributed by atoms with Gasteiger partial charge in [-0.2, -0.15) is 5.10 Å². The molecule has 0 saturated heterocycles. The number of rotatable bonds is 5. The molecule has 22 heavy (non-hydrogen) atoms. The minimum absolute atomic E-state index is 0.145. The molecule has 2 aromatic heterocycles. The minimum atomic E-state index is -0.145. The van der Waals surface area contributed by atoms with Gasteiger partial charge in [-0.05, 0) is 29.1 Å². The number of thiophene rings is 1. The second-order valence-corrected chi connectivity index (χ2v) is 5.61. The van der Waals surface area contributed by atoms with Gasteiger partial charge in [-0.25, -0.2) is 0 Å². The topological polar surface area (TPSA) is 67.0 Å². The molecule has 3 aromatic rings. The molecule has 0 fully saturated rings. The third kappa shape index (κ3) is 3.01. The molecule has 3 rings (SSSR count). The molecule has 0 unspecified atom stereocenters. The number of nitrogens with one attached hydrogen (secondary N) is 2. The van der Waals surface area contributed by atoms with Crippen molar-refractivity contribution in [2.45, 2.75) is 6.54 Å². The zero-order valence-electron chi connectivity index (χ0n) is 12.0. The summed E-state index contributed by atoms with van der Waals surface area (Å²) in [6.07, 6.45) is 1.55. The summed E-state index contributed by atoms with van der Waals surface area (Å²) in [5.74, 6) is 0.651. The highest BCUT2D eigenvalue weighted by atomic mass is 32.1. The molecule has 0 aliphatic rings. The Morgan fingerprint density at radius 1 is 1.32 bits per heavy atom. The van der Waals surface area contributed by atoms with Gasteiger partial charge in [-0.1, -0.05) is 18.2 Å². The Morgan fingerprint density at radius 2 is 2.14 bits per heavy atom. The maximum atomic E-state index is 12.3. The molecule has 0 atom stereocenters. The minimum Gasteiger partial charge on any atom is -0.497 e. The van der Waals surface area contributed by atoms with Gasteiger partial charge in [0.25, 0.3) is 5.91 Å². The van der Waals surface area contributed by atoms with Crippen LogP contribution in [0.25, 0.3) is 10.6 Å². The fraction of sp³-hybridized carbons (Fsp3) is 0.125. The SMILES string of the molecule is COc1ccc(CNC(=O)c2cn[nH]c2-c2cccs2)cc1. The first kappa shape index (κ1) is 14.3. The molecule has 0 aliphatic heterocycles. The average molecular weight is 313 g/mol. The molecule has 0 bridgehead atoms. The van der Waals surface area contributed by atoms with E-state index < -0.39 is 0 Å². The van der Waals surface area contributed by atoms with E-state index in [0.29, 0.717) is 12.1 Å². The quantitative estimate of drug-likeness (QED) is 0.760. The van der Waals surface area contributed by atoms with Gasteiger partial charge in [0, 0.05) is 6.54 Å². The van der Waals surface area contributed by atoms with Crippen molar-refractivity contribution in [2.75, 3.05) is 7.11 Å². The fourth-order valence-electron chi connectivity index (χ4n) is 2.09. The molecular formula is C16H15N3O2S. The normalized spacial score (nSPS) is 10.4. The van der Waals surface area contributed by atoms with Crippen molar-refractivity contribution < 1.29 is 9.53 Å². The van der Waals surface area contributed by atoms with E-state index in [1.807, 2.05) is 41.8 Å². The molecule has 0 aliphatic carbocycles. The summed E-state index contributed by atoms with van der Waals surface area (Å²) in [6, 6.07) is 11.5. The number of aromatic amines is 1. The van der Waals surface area contributed by atoms with E-state index in [-0.39, 0.29) is 5.91 Å². The molecule has 0 radical (unpaired) electrons. The lowest BCUT2D eigenvalue weighted by atomic mass is 10.2. The van der Waals surface area contributed by atoms with Gasteiger partial charge < -0.3 is 10.1 Å². The number of carbonyl (C=O) groups is 1. The van der Waals surface area contributed by atoms with Gasteiger partial charge in [-0.15, -0.1) is 11.3 Å². The van der Waals surface area contributed by atoms with Crippen LogP contribution in [0.15, 0.2) is 48.0 Å². The molecule has 2 heterocycles. The number of amides is 1. The third-order valence-electron chi connectivity index (χ3n) is 3.26. The van der Waals surface area contributed by atoms with Gasteiger partial charge in [-0.3, -0.25) is 9.89 Å². The van der Waals surface area contributed by atoms with E-state index in [1.165, 1.54) is 0 Å². The Labute approximate surface area is 132 Å². The van der Waals surface area contributed by atoms with Crippen molar-refractivity contribution in [3.05, 3.63) is 59.1 Å². The zero-order valence-corrected chi connectivity index (χ0v) is 12.8. The van der Waals surface area contributed by atoms with Crippen LogP contribution in [0, 0.1) is 0 Å². The van der Waals surface area contributed by atoms with E-state index in [4.69, 9.17) is 4.74 Å². The van der Waals surface area contributed by atoms with Crippen LogP contribution in [0.3, 0.4) is 0 Å². The van der Waals surface area contributed by atoms with E-state index in [9.17, 15) is 4.79 Å². The lowest BCUT2D eigenvalue weighted by molar-refractivity contribution is 0.0951. The highest BCUT2D eigenvalue weighted by Gasteiger charge is 2.15. The number of hydrogen-bond acceptors (Lipinski definition) is 4. The Kier molecular flexibility index (Phi) is 4.20. The van der Waals surface area contributed by atoms with Gasteiger partial charge >= 0.3 is 0 Å². The smallest absolute Gasteiger partial charge is 0.255 e. The highest BCUT2D eigenvalue weighted by molar-refractivity contribution is 7.13. The molecule has 0 spiro atoms. The number of hydrogen-bond donors (Lipinski definition) is 2. The number of carbonyl (C=O) groups excluding carboxylic acids is 1. The predicted molar refractivity (Wildman–Crippen MR) is 86.1 cm³/mol. The second-order valence-electron chi connectivity index (χ2n) is 4.67. The average Bonchev–Trinajstić information content (AvgIpc) is 3.23. The van der Waals surface area contributed by atoms with Crippen LogP contribution < -0.4 is 10.1 Å². The lowest BCUT2D eigenvalue weighted by Crippen LogP contribution is -2.22. The van der Waals surface area contributed by atoms with Gasteiger partial charge in [0.1, 0.15) is 5.75 Å². The van der Waals surface area contributed by atoms with Crippen LogP contribution in [-0.4, -0.2) is 23.2 Å². The highest BCUT2D eigenvalue weighted by Crippen LogP contribution is 2.25. The number of aromatic nitrogens is 2. The van der Waals surface area contributed by atoms with Crippen LogP contribution in [-0.2, 0) is 6.54 Å². The predicted octanol–water partition coefficient (Wildman–Crippen LogP) is 3.08. The summed E-state index contributed by atoms with van der Waals surface area (Å²) in [6.45, 7) is 0.456. The molecular weight excluding hydrogens is 298 g/mol. The van der Waals surface area contributed by atoms with Crippen LogP contribution in [0.4, 0.5) is 0 Å². The largest absolute Gasteiger partial charge is 0.497 e. The van der Waals surface area contributed by atoms with E-state index in [0.717, 1.165) is 21.9 Å². The molecule has 1 amide bonds. The summed E-state index contributed by atoms with van der Waals surface area (Å²) in [5, 5.41) is 11.7. The van der Waals surface area contributed by atoms with E-state index in [1.54, 1.807) is 24.6 Å². The number of benzene rings is 1. The number of nitrogens with zero attached hydrogens (tertiary/aromatic N) is 1. The zero-order chi connectivity index (χ0) is 15.4. The summed E-state index contributed by atoms with van der Waals surface area (Å²) in [5.41, 5.74) is 2.31. The van der Waals surface area contributed by atoms with Crippen molar-refractivity contribution in [2.24, 2.45) is 0 Å². The van der Waals surface area contributed by atoms with Crippen molar-refractivity contribution >= 4 is 17.2 Å². The van der Waals surface area contributed by atoms with Crippen LogP contribution in [0.5, 0.6) is 5.75 Å². The standard InChI is InChI=1S/C16H15N3O2S/c1-21-12-6-4-11(5-7-12)9-17-16(20)13-10-18-19-15(13)14-3-2-8-22-14/h2-8,10H,9H2,1H3,(H,17,20)(H,18,19). The Morgan fingerprint density at radius 3 is 2.82 bits per heavy atom. The first-order valence-corrected chi connectivity index (χ1v) is 7.64. The van der Waals surface area contributed by atoms with Crippen LogP contribution in [0.2, 0.25) is 0 Å². The van der Waals surface area contributed by atoms with Crippen molar-refractivity contribution in [1.29, 1.82) is 0 Å². The number of ether oxygens (including phenoxy) is 1. The Hall–Kier alpha value is -2.60. The van der Waals surface area contributed by atoms with Crippen LogP contribution >= 0.6 is 11.3 Å². The molecule has 1 aromatic carbocycles. The molecule has 0 saturated carbocycles. The Bertz CT molecular complexity index is 748. The lowest BCUT2D eigenvalue weighted by Gasteiger charge is -2.06. The fourth-order valence-corrected chi connectivity index (χ4v) is 2.82. The van der Waals surface area contributed by atoms with Crippen molar-refractivity contribution in [1.82, 2.24) is 15.5 Å².